The number of benzene rings is 1. The lowest BCUT2D eigenvalue weighted by molar-refractivity contribution is -0.147. The number of hydrogen-bond donors (Lipinski definition) is 3. The third-order valence-electron chi connectivity index (χ3n) is 4.50. The van der Waals surface area contributed by atoms with Gasteiger partial charge in [-0.2, -0.15) is 0 Å². The summed E-state index contributed by atoms with van der Waals surface area (Å²) in [6.45, 7) is 2.32. The van der Waals surface area contributed by atoms with Gasteiger partial charge in [-0.3, -0.25) is 9.59 Å². The lowest BCUT2D eigenvalue weighted by Crippen LogP contribution is -2.61. The van der Waals surface area contributed by atoms with E-state index in [2.05, 4.69) is 16.0 Å². The second-order valence-corrected chi connectivity index (χ2v) is 6.83. The summed E-state index contributed by atoms with van der Waals surface area (Å²) in [7, 11) is 0. The Kier molecular flexibility index (Phi) is 5.13. The van der Waals surface area contributed by atoms with Gasteiger partial charge in [-0.1, -0.05) is 31.0 Å². The molecule has 8 heteroatoms. The number of rotatable bonds is 4. The Bertz CT molecular complexity index is 696. The minimum absolute atomic E-state index is 0.0639. The molecule has 0 radical (unpaired) electrons. The van der Waals surface area contributed by atoms with Crippen LogP contribution in [0.15, 0.2) is 24.3 Å². The van der Waals surface area contributed by atoms with Crippen LogP contribution < -0.4 is 16.0 Å². The van der Waals surface area contributed by atoms with Gasteiger partial charge >= 0.3 is 6.03 Å². The Morgan fingerprint density at radius 2 is 2.20 bits per heavy atom. The van der Waals surface area contributed by atoms with E-state index >= 15 is 0 Å². The molecule has 3 atom stereocenters. The van der Waals surface area contributed by atoms with E-state index in [-0.39, 0.29) is 23.9 Å². The van der Waals surface area contributed by atoms with Crippen LogP contribution in [-0.4, -0.2) is 47.4 Å². The van der Waals surface area contributed by atoms with Gasteiger partial charge in [0.2, 0.25) is 11.8 Å². The van der Waals surface area contributed by atoms with Gasteiger partial charge in [-0.15, -0.1) is 0 Å². The van der Waals surface area contributed by atoms with E-state index in [4.69, 9.17) is 11.6 Å². The molecule has 2 aliphatic heterocycles. The van der Waals surface area contributed by atoms with Gasteiger partial charge < -0.3 is 20.9 Å². The van der Waals surface area contributed by atoms with Crippen molar-refractivity contribution in [2.45, 2.75) is 44.3 Å². The molecule has 0 aliphatic carbocycles. The van der Waals surface area contributed by atoms with Crippen molar-refractivity contribution in [3.63, 3.8) is 0 Å². The molecule has 0 saturated carbocycles. The first-order chi connectivity index (χ1) is 12.0. The first-order valence-corrected chi connectivity index (χ1v) is 8.79. The number of fused-ring (bicyclic) bond motifs is 1. The maximum Gasteiger partial charge on any atom is 0.319 e. The van der Waals surface area contributed by atoms with Crippen LogP contribution in [0.3, 0.4) is 0 Å². The molecule has 2 saturated heterocycles. The number of carbonyl (C=O) groups is 3. The van der Waals surface area contributed by atoms with Crippen LogP contribution in [0.5, 0.6) is 0 Å². The molecule has 25 heavy (non-hydrogen) atoms. The van der Waals surface area contributed by atoms with Crippen molar-refractivity contribution in [3.8, 4) is 0 Å². The number of urea groups is 1. The van der Waals surface area contributed by atoms with Gasteiger partial charge in [0.05, 0.1) is 6.04 Å². The monoisotopic (exact) mass is 364 g/mol. The minimum atomic E-state index is -0.503. The fourth-order valence-corrected chi connectivity index (χ4v) is 3.56. The fourth-order valence-electron chi connectivity index (χ4n) is 3.37. The summed E-state index contributed by atoms with van der Waals surface area (Å²) in [5.41, 5.74) is 0.581. The van der Waals surface area contributed by atoms with Crippen molar-refractivity contribution >= 4 is 35.1 Å². The molecule has 3 N–H and O–H groups in total. The van der Waals surface area contributed by atoms with E-state index in [9.17, 15) is 14.4 Å². The van der Waals surface area contributed by atoms with Crippen LogP contribution in [0.4, 0.5) is 10.5 Å². The number of anilines is 1. The van der Waals surface area contributed by atoms with Crippen LogP contribution in [0.25, 0.3) is 0 Å². The van der Waals surface area contributed by atoms with Gasteiger partial charge in [-0.25, -0.2) is 4.79 Å². The molecule has 0 unspecified atom stereocenters. The molecule has 4 amide bonds. The Morgan fingerprint density at radius 1 is 1.40 bits per heavy atom. The van der Waals surface area contributed by atoms with Crippen molar-refractivity contribution in [1.82, 2.24) is 15.5 Å². The molecule has 1 aromatic rings. The SMILES string of the molecule is CCC[C@@H]1NC(=O)[C@@H]2C[C@H](NC(=O)Nc3cccc(Cl)c3)CN2C1=O. The highest BCUT2D eigenvalue weighted by Crippen LogP contribution is 2.24. The van der Waals surface area contributed by atoms with Crippen LogP contribution in [0.2, 0.25) is 5.02 Å². The Balaban J connectivity index is 1.59. The third-order valence-corrected chi connectivity index (χ3v) is 4.73. The van der Waals surface area contributed by atoms with Crippen molar-refractivity contribution in [2.24, 2.45) is 0 Å². The van der Waals surface area contributed by atoms with E-state index < -0.39 is 12.1 Å². The second-order valence-electron chi connectivity index (χ2n) is 6.40. The van der Waals surface area contributed by atoms with Crippen molar-refractivity contribution < 1.29 is 14.4 Å². The number of carbonyl (C=O) groups excluding carboxylic acids is 3. The number of amides is 4. The van der Waals surface area contributed by atoms with E-state index in [1.54, 1.807) is 29.2 Å². The highest BCUT2D eigenvalue weighted by molar-refractivity contribution is 6.30. The molecular weight excluding hydrogens is 344 g/mol. The average Bonchev–Trinajstić information content (AvgIpc) is 2.97. The Morgan fingerprint density at radius 3 is 2.92 bits per heavy atom. The van der Waals surface area contributed by atoms with Crippen molar-refractivity contribution in [1.29, 1.82) is 0 Å². The normalized spacial score (nSPS) is 25.4. The summed E-state index contributed by atoms with van der Waals surface area (Å²) in [6.07, 6.45) is 1.86. The standard InChI is InChI=1S/C17H21ClN4O3/c1-2-4-13-16(24)22-9-12(8-14(22)15(23)21-13)20-17(25)19-11-6-3-5-10(18)7-11/h3,5-7,12-14H,2,4,8-9H2,1H3,(H,21,23)(H2,19,20,25)/t12-,13-,14-/m0/s1. The van der Waals surface area contributed by atoms with Gasteiger partial charge in [0.1, 0.15) is 12.1 Å². The van der Waals surface area contributed by atoms with E-state index in [1.165, 1.54) is 0 Å². The van der Waals surface area contributed by atoms with E-state index in [0.29, 0.717) is 30.1 Å². The largest absolute Gasteiger partial charge is 0.343 e. The number of nitrogens with one attached hydrogen (secondary N) is 3. The quantitative estimate of drug-likeness (QED) is 0.760. The molecule has 7 nitrogen and oxygen atoms in total. The number of hydrogen-bond acceptors (Lipinski definition) is 3. The molecule has 134 valence electrons. The topological polar surface area (TPSA) is 90.5 Å². The number of piperazine rings is 1. The number of halogens is 1. The lowest BCUT2D eigenvalue weighted by Gasteiger charge is -2.34. The smallest absolute Gasteiger partial charge is 0.319 e. The molecule has 2 fully saturated rings. The zero-order chi connectivity index (χ0) is 18.0. The summed E-state index contributed by atoms with van der Waals surface area (Å²) in [5.74, 6) is -0.205. The van der Waals surface area contributed by atoms with Gasteiger partial charge in [-0.05, 0) is 31.0 Å². The molecule has 0 spiro atoms. The van der Waals surface area contributed by atoms with Crippen LogP contribution >= 0.6 is 11.6 Å². The molecule has 0 bridgehead atoms. The van der Waals surface area contributed by atoms with Gasteiger partial charge in [0, 0.05) is 17.3 Å². The van der Waals surface area contributed by atoms with Gasteiger partial charge in [0.25, 0.3) is 0 Å². The fraction of sp³-hybridized carbons (Fsp3) is 0.471. The van der Waals surface area contributed by atoms with E-state index in [0.717, 1.165) is 6.42 Å². The molecule has 1 aromatic carbocycles. The molecule has 0 aromatic heterocycles. The first-order valence-electron chi connectivity index (χ1n) is 8.42. The van der Waals surface area contributed by atoms with Crippen LogP contribution in [0.1, 0.15) is 26.2 Å². The van der Waals surface area contributed by atoms with Crippen molar-refractivity contribution in [2.75, 3.05) is 11.9 Å². The van der Waals surface area contributed by atoms with Crippen LogP contribution in [0, 0.1) is 0 Å². The summed E-state index contributed by atoms with van der Waals surface area (Å²) >= 11 is 5.89. The maximum atomic E-state index is 12.5. The molecular formula is C17H21ClN4O3. The number of nitrogens with zero attached hydrogens (tertiary/aromatic N) is 1. The molecule has 2 aliphatic rings. The molecule has 3 rings (SSSR count). The minimum Gasteiger partial charge on any atom is -0.343 e. The summed E-state index contributed by atoms with van der Waals surface area (Å²) in [5, 5.41) is 8.84. The van der Waals surface area contributed by atoms with Crippen LogP contribution in [-0.2, 0) is 9.59 Å². The van der Waals surface area contributed by atoms with E-state index in [1.807, 2.05) is 6.92 Å². The highest BCUT2D eigenvalue weighted by atomic mass is 35.5. The summed E-state index contributed by atoms with van der Waals surface area (Å²) < 4.78 is 0. The van der Waals surface area contributed by atoms with Gasteiger partial charge in [0.15, 0.2) is 0 Å². The summed E-state index contributed by atoms with van der Waals surface area (Å²) in [6, 6.07) is 5.23. The van der Waals surface area contributed by atoms with Crippen molar-refractivity contribution in [3.05, 3.63) is 29.3 Å². The Hall–Kier alpha value is -2.28. The Labute approximate surface area is 151 Å². The maximum absolute atomic E-state index is 12.5. The average molecular weight is 365 g/mol. The zero-order valence-corrected chi connectivity index (χ0v) is 14.7. The summed E-state index contributed by atoms with van der Waals surface area (Å²) in [4.78, 5) is 38.4. The third kappa shape index (κ3) is 3.87. The zero-order valence-electron chi connectivity index (χ0n) is 13.9. The first kappa shape index (κ1) is 17.5. The lowest BCUT2D eigenvalue weighted by atomic mass is 10.0. The predicted octanol–water partition coefficient (Wildman–Crippen LogP) is 1.73. The molecule has 2 heterocycles. The highest BCUT2D eigenvalue weighted by Gasteiger charge is 2.46. The second kappa shape index (κ2) is 7.31. The predicted molar refractivity (Wildman–Crippen MR) is 94.4 cm³/mol.